The maximum atomic E-state index is 12.7. The second-order valence-electron chi connectivity index (χ2n) is 6.92. The van der Waals surface area contributed by atoms with E-state index in [9.17, 15) is 4.79 Å². The minimum absolute atomic E-state index is 0.0722. The lowest BCUT2D eigenvalue weighted by molar-refractivity contribution is -0.121. The number of carbonyl (C=O) groups excluding carboxylic acids is 1. The van der Waals surface area contributed by atoms with Crippen LogP contribution >= 0.6 is 23.4 Å². The molecule has 26 heavy (non-hydrogen) atoms. The highest BCUT2D eigenvalue weighted by atomic mass is 35.5. The summed E-state index contributed by atoms with van der Waals surface area (Å²) in [5.41, 5.74) is 4.17. The lowest BCUT2D eigenvalue weighted by Gasteiger charge is -2.23. The van der Waals surface area contributed by atoms with E-state index in [-0.39, 0.29) is 17.2 Å². The van der Waals surface area contributed by atoms with E-state index in [0.717, 1.165) is 17.7 Å². The molecule has 0 saturated heterocycles. The standard InChI is InChI=1S/C22H26ClNOS/c1-3-21(18-9-8-16-6-4-5-7-17(16)14-18)24-22(25)15(2)26-20-12-10-19(23)11-13-20/h8-15,21H,3-7H2,1-2H3,(H,24,25)/t15-,21-/m1/s1. The Bertz CT molecular complexity index is 759. The van der Waals surface area contributed by atoms with Crippen LogP contribution < -0.4 is 5.32 Å². The van der Waals surface area contributed by atoms with Crippen LogP contribution in [-0.2, 0) is 17.6 Å². The van der Waals surface area contributed by atoms with E-state index in [1.807, 2.05) is 31.2 Å². The van der Waals surface area contributed by atoms with Gasteiger partial charge in [0, 0.05) is 9.92 Å². The molecule has 0 aliphatic heterocycles. The molecule has 1 amide bonds. The number of rotatable bonds is 6. The Morgan fingerprint density at radius 2 is 1.81 bits per heavy atom. The fourth-order valence-corrected chi connectivity index (χ4v) is 4.45. The lowest BCUT2D eigenvalue weighted by atomic mass is 9.89. The first kappa shape index (κ1) is 19.3. The van der Waals surface area contributed by atoms with Gasteiger partial charge in [0.15, 0.2) is 0 Å². The molecule has 2 nitrogen and oxygen atoms in total. The maximum absolute atomic E-state index is 12.7. The summed E-state index contributed by atoms with van der Waals surface area (Å²) < 4.78 is 0. The van der Waals surface area contributed by atoms with Crippen molar-refractivity contribution in [2.75, 3.05) is 0 Å². The van der Waals surface area contributed by atoms with E-state index < -0.39 is 0 Å². The van der Waals surface area contributed by atoms with E-state index in [4.69, 9.17) is 11.6 Å². The number of hydrogen-bond donors (Lipinski definition) is 1. The van der Waals surface area contributed by atoms with Crippen LogP contribution in [-0.4, -0.2) is 11.2 Å². The highest BCUT2D eigenvalue weighted by Crippen LogP contribution is 2.28. The summed E-state index contributed by atoms with van der Waals surface area (Å²) in [6.45, 7) is 4.08. The molecule has 0 aromatic heterocycles. The molecule has 2 atom stereocenters. The molecular weight excluding hydrogens is 362 g/mol. The van der Waals surface area contributed by atoms with Gasteiger partial charge in [-0.1, -0.05) is 36.7 Å². The van der Waals surface area contributed by atoms with E-state index in [0.29, 0.717) is 5.02 Å². The highest BCUT2D eigenvalue weighted by Gasteiger charge is 2.20. The molecule has 1 aliphatic carbocycles. The van der Waals surface area contributed by atoms with Gasteiger partial charge in [0.05, 0.1) is 11.3 Å². The van der Waals surface area contributed by atoms with Crippen molar-refractivity contribution in [2.45, 2.75) is 62.1 Å². The predicted octanol–water partition coefficient (Wildman–Crippen LogP) is 5.97. The first-order valence-corrected chi connectivity index (χ1v) is 10.7. The summed E-state index contributed by atoms with van der Waals surface area (Å²) in [5, 5.41) is 3.80. The average Bonchev–Trinajstić information content (AvgIpc) is 2.67. The van der Waals surface area contributed by atoms with Crippen LogP contribution in [0.4, 0.5) is 0 Å². The van der Waals surface area contributed by atoms with Crippen molar-refractivity contribution in [3.05, 3.63) is 64.2 Å². The molecule has 0 fully saturated rings. The predicted molar refractivity (Wildman–Crippen MR) is 111 cm³/mol. The first-order chi connectivity index (χ1) is 12.6. The van der Waals surface area contributed by atoms with Crippen molar-refractivity contribution in [1.82, 2.24) is 5.32 Å². The molecule has 1 aliphatic rings. The summed E-state index contributed by atoms with van der Waals surface area (Å²) in [5.74, 6) is 0.0783. The van der Waals surface area contributed by atoms with Crippen LogP contribution in [0, 0.1) is 0 Å². The van der Waals surface area contributed by atoms with Crippen molar-refractivity contribution in [1.29, 1.82) is 0 Å². The van der Waals surface area contributed by atoms with Crippen LogP contribution in [0.2, 0.25) is 5.02 Å². The average molecular weight is 388 g/mol. The van der Waals surface area contributed by atoms with E-state index in [1.54, 1.807) is 11.8 Å². The number of carbonyl (C=O) groups is 1. The first-order valence-electron chi connectivity index (χ1n) is 9.41. The second-order valence-corrected chi connectivity index (χ2v) is 8.77. The molecule has 4 heteroatoms. The summed E-state index contributed by atoms with van der Waals surface area (Å²) in [6.07, 6.45) is 5.81. The summed E-state index contributed by atoms with van der Waals surface area (Å²) in [6, 6.07) is 14.4. The van der Waals surface area contributed by atoms with Crippen molar-refractivity contribution >= 4 is 29.3 Å². The Hall–Kier alpha value is -1.45. The minimum Gasteiger partial charge on any atom is -0.348 e. The largest absolute Gasteiger partial charge is 0.348 e. The third-order valence-electron chi connectivity index (χ3n) is 5.00. The molecule has 0 unspecified atom stereocenters. The van der Waals surface area contributed by atoms with Gasteiger partial charge in [-0.05, 0) is 80.0 Å². The van der Waals surface area contributed by atoms with Crippen LogP contribution in [0.15, 0.2) is 47.4 Å². The summed E-state index contributed by atoms with van der Waals surface area (Å²) in [7, 11) is 0. The number of halogens is 1. The Labute approximate surface area is 165 Å². The number of benzene rings is 2. The smallest absolute Gasteiger partial charge is 0.233 e. The number of aryl methyl sites for hydroxylation is 2. The van der Waals surface area contributed by atoms with Crippen LogP contribution in [0.1, 0.15) is 55.8 Å². The van der Waals surface area contributed by atoms with Crippen molar-refractivity contribution in [3.63, 3.8) is 0 Å². The number of thioether (sulfide) groups is 1. The normalized spacial score (nSPS) is 15.8. The highest BCUT2D eigenvalue weighted by molar-refractivity contribution is 8.00. The summed E-state index contributed by atoms with van der Waals surface area (Å²) in [4.78, 5) is 13.7. The van der Waals surface area contributed by atoms with Gasteiger partial charge in [0.25, 0.3) is 0 Å². The molecule has 0 radical (unpaired) electrons. The maximum Gasteiger partial charge on any atom is 0.233 e. The summed E-state index contributed by atoms with van der Waals surface area (Å²) >= 11 is 7.49. The zero-order valence-electron chi connectivity index (χ0n) is 15.4. The number of hydrogen-bond acceptors (Lipinski definition) is 2. The van der Waals surface area contributed by atoms with Crippen LogP contribution in [0.5, 0.6) is 0 Å². The topological polar surface area (TPSA) is 29.1 Å². The molecule has 0 spiro atoms. The Morgan fingerprint density at radius 1 is 1.12 bits per heavy atom. The monoisotopic (exact) mass is 387 g/mol. The second kappa shape index (κ2) is 8.96. The minimum atomic E-state index is -0.150. The van der Waals surface area contributed by atoms with Gasteiger partial charge in [-0.2, -0.15) is 0 Å². The fourth-order valence-electron chi connectivity index (χ4n) is 3.45. The molecule has 2 aromatic carbocycles. The van der Waals surface area contributed by atoms with Gasteiger partial charge in [0.1, 0.15) is 0 Å². The van der Waals surface area contributed by atoms with Crippen molar-refractivity contribution in [3.8, 4) is 0 Å². The zero-order chi connectivity index (χ0) is 18.5. The van der Waals surface area contributed by atoms with E-state index in [1.165, 1.54) is 36.0 Å². The van der Waals surface area contributed by atoms with Gasteiger partial charge in [-0.15, -0.1) is 11.8 Å². The molecule has 138 valence electrons. The third-order valence-corrected chi connectivity index (χ3v) is 6.36. The van der Waals surface area contributed by atoms with Gasteiger partial charge >= 0.3 is 0 Å². The Kier molecular flexibility index (Phi) is 6.66. The Balaban J connectivity index is 1.65. The molecule has 2 aromatic rings. The van der Waals surface area contributed by atoms with Gasteiger partial charge < -0.3 is 5.32 Å². The zero-order valence-corrected chi connectivity index (χ0v) is 17.0. The van der Waals surface area contributed by atoms with Crippen LogP contribution in [0.3, 0.4) is 0 Å². The molecule has 0 saturated carbocycles. The SMILES string of the molecule is CC[C@@H](NC(=O)[C@@H](C)Sc1ccc(Cl)cc1)c1ccc2c(c1)CCCC2. The van der Waals surface area contributed by atoms with Crippen molar-refractivity contribution in [2.24, 2.45) is 0 Å². The number of nitrogens with one attached hydrogen (secondary N) is 1. The Morgan fingerprint density at radius 3 is 2.50 bits per heavy atom. The number of fused-ring (bicyclic) bond motifs is 1. The quantitative estimate of drug-likeness (QED) is 0.619. The fraction of sp³-hybridized carbons (Fsp3) is 0.409. The van der Waals surface area contributed by atoms with Crippen molar-refractivity contribution < 1.29 is 4.79 Å². The van der Waals surface area contributed by atoms with Gasteiger partial charge in [-0.3, -0.25) is 4.79 Å². The van der Waals surface area contributed by atoms with Crippen LogP contribution in [0.25, 0.3) is 0 Å². The molecule has 1 N–H and O–H groups in total. The van der Waals surface area contributed by atoms with E-state index in [2.05, 4.69) is 30.4 Å². The molecular formula is C22H26ClNOS. The molecule has 0 bridgehead atoms. The number of amides is 1. The van der Waals surface area contributed by atoms with E-state index >= 15 is 0 Å². The van der Waals surface area contributed by atoms with Gasteiger partial charge in [0.2, 0.25) is 5.91 Å². The van der Waals surface area contributed by atoms with Gasteiger partial charge in [-0.25, -0.2) is 0 Å². The molecule has 3 rings (SSSR count). The third kappa shape index (κ3) is 4.83. The molecule has 0 heterocycles. The lowest BCUT2D eigenvalue weighted by Crippen LogP contribution is -2.34.